The summed E-state index contributed by atoms with van der Waals surface area (Å²) < 4.78 is 11.0. The monoisotopic (exact) mass is 291 g/mol. The smallest absolute Gasteiger partial charge is 0.161 e. The van der Waals surface area contributed by atoms with E-state index < -0.39 is 0 Å². The Labute approximate surface area is 130 Å². The van der Waals surface area contributed by atoms with Crippen LogP contribution in [-0.4, -0.2) is 20.7 Å². The number of hydrogen-bond donors (Lipinski definition) is 0. The van der Waals surface area contributed by atoms with Crippen LogP contribution in [0.5, 0.6) is 11.5 Å². The Morgan fingerprint density at radius 2 is 1.91 bits per heavy atom. The molecule has 108 valence electrons. The van der Waals surface area contributed by atoms with Crippen LogP contribution in [0.25, 0.3) is 0 Å². The van der Waals surface area contributed by atoms with Gasteiger partial charge in [0.15, 0.2) is 17.3 Å². The summed E-state index contributed by atoms with van der Waals surface area (Å²) in [5.74, 6) is 0.866. The molecule has 2 aromatic rings. The molecular formula is C17H14BNO3. The molecule has 0 bridgehead atoms. The molecule has 5 heteroatoms. The molecule has 0 aromatic heterocycles. The SMILES string of the molecule is [B]CC(=O)c1ccc(OCc2ccc(C#N)cc2)c(OC)c1. The summed E-state index contributed by atoms with van der Waals surface area (Å²) in [7, 11) is 6.86. The Morgan fingerprint density at radius 3 is 2.50 bits per heavy atom. The highest BCUT2D eigenvalue weighted by atomic mass is 16.5. The number of hydrogen-bond acceptors (Lipinski definition) is 4. The Kier molecular flexibility index (Phi) is 5.21. The molecular weight excluding hydrogens is 277 g/mol. The van der Waals surface area contributed by atoms with E-state index in [0.717, 1.165) is 5.56 Å². The second-order valence-corrected chi connectivity index (χ2v) is 4.59. The predicted octanol–water partition coefficient (Wildman–Crippen LogP) is 2.92. The quantitative estimate of drug-likeness (QED) is 0.606. The summed E-state index contributed by atoms with van der Waals surface area (Å²) >= 11 is 0. The zero-order valence-corrected chi connectivity index (χ0v) is 12.2. The van der Waals surface area contributed by atoms with Gasteiger partial charge in [-0.15, -0.1) is 0 Å². The molecule has 2 radical (unpaired) electrons. The fourth-order valence-corrected chi connectivity index (χ4v) is 1.91. The second kappa shape index (κ2) is 7.32. The van der Waals surface area contributed by atoms with Crippen LogP contribution in [0.3, 0.4) is 0 Å². The maximum absolute atomic E-state index is 11.6. The third-order valence-corrected chi connectivity index (χ3v) is 3.15. The number of ketones is 1. The Bertz CT molecular complexity index is 705. The molecule has 0 aliphatic heterocycles. The number of nitrogens with zero attached hydrogens (tertiary/aromatic N) is 1. The van der Waals surface area contributed by atoms with Crippen molar-refractivity contribution >= 4 is 13.6 Å². The van der Waals surface area contributed by atoms with Gasteiger partial charge in [0.2, 0.25) is 0 Å². The van der Waals surface area contributed by atoms with E-state index in [-0.39, 0.29) is 12.1 Å². The van der Waals surface area contributed by atoms with Gasteiger partial charge >= 0.3 is 0 Å². The van der Waals surface area contributed by atoms with Crippen LogP contribution in [0.15, 0.2) is 42.5 Å². The van der Waals surface area contributed by atoms with Crippen LogP contribution in [-0.2, 0) is 6.61 Å². The molecule has 0 spiro atoms. The van der Waals surface area contributed by atoms with Gasteiger partial charge in [-0.25, -0.2) is 0 Å². The summed E-state index contributed by atoms with van der Waals surface area (Å²) in [6.07, 6.45) is -0.0470. The van der Waals surface area contributed by atoms with E-state index >= 15 is 0 Å². The molecule has 22 heavy (non-hydrogen) atoms. The average Bonchev–Trinajstić information content (AvgIpc) is 2.59. The molecule has 0 amide bonds. The molecule has 0 saturated carbocycles. The van der Waals surface area contributed by atoms with Gasteiger partial charge in [-0.1, -0.05) is 12.1 Å². The zero-order chi connectivity index (χ0) is 15.9. The lowest BCUT2D eigenvalue weighted by atomic mass is 9.96. The molecule has 0 aliphatic carbocycles. The normalized spacial score (nSPS) is 9.82. The first-order chi connectivity index (χ1) is 10.7. The van der Waals surface area contributed by atoms with Crippen LogP contribution < -0.4 is 9.47 Å². The highest BCUT2D eigenvalue weighted by Gasteiger charge is 2.10. The molecule has 0 heterocycles. The third-order valence-electron chi connectivity index (χ3n) is 3.15. The van der Waals surface area contributed by atoms with Crippen molar-refractivity contribution in [3.8, 4) is 17.6 Å². The van der Waals surface area contributed by atoms with Crippen LogP contribution in [0.1, 0.15) is 21.5 Å². The summed E-state index contributed by atoms with van der Waals surface area (Å²) in [6, 6.07) is 14.2. The van der Waals surface area contributed by atoms with Crippen molar-refractivity contribution in [2.75, 3.05) is 7.11 Å². The average molecular weight is 291 g/mol. The number of Topliss-reactive ketones (excluding diaryl/α,β-unsaturated/α-hetero) is 1. The lowest BCUT2D eigenvalue weighted by Gasteiger charge is -2.12. The molecule has 0 saturated heterocycles. The number of benzene rings is 2. The van der Waals surface area contributed by atoms with Gasteiger partial charge < -0.3 is 9.47 Å². The molecule has 0 fully saturated rings. The van der Waals surface area contributed by atoms with Gasteiger partial charge in [0.25, 0.3) is 0 Å². The van der Waals surface area contributed by atoms with Crippen molar-refractivity contribution in [2.45, 2.75) is 12.9 Å². The van der Waals surface area contributed by atoms with Gasteiger partial charge in [-0.05, 0) is 42.2 Å². The minimum absolute atomic E-state index is 0.0470. The topological polar surface area (TPSA) is 59.3 Å². The summed E-state index contributed by atoms with van der Waals surface area (Å²) in [4.78, 5) is 11.6. The largest absolute Gasteiger partial charge is 0.493 e. The van der Waals surface area contributed by atoms with E-state index in [1.807, 2.05) is 12.1 Å². The molecule has 0 N–H and O–H groups in total. The van der Waals surface area contributed by atoms with Crippen molar-refractivity contribution in [2.24, 2.45) is 0 Å². The minimum atomic E-state index is -0.156. The number of rotatable bonds is 6. The number of carbonyl (C=O) groups excluding carboxylic acids is 1. The lowest BCUT2D eigenvalue weighted by Crippen LogP contribution is -2.01. The number of carbonyl (C=O) groups is 1. The van der Waals surface area contributed by atoms with E-state index in [1.165, 1.54) is 7.11 Å². The minimum Gasteiger partial charge on any atom is -0.493 e. The molecule has 2 rings (SSSR count). The van der Waals surface area contributed by atoms with Crippen molar-refractivity contribution in [3.63, 3.8) is 0 Å². The third kappa shape index (κ3) is 3.67. The molecule has 0 aliphatic rings. The van der Waals surface area contributed by atoms with E-state index in [4.69, 9.17) is 22.6 Å². The standard InChI is InChI=1S/C17H14BNO3/c1-21-17-8-14(15(20)9-18)6-7-16(17)22-11-13-4-2-12(10-19)3-5-13/h2-8H,9,11H2,1H3. The first-order valence-electron chi connectivity index (χ1n) is 6.71. The van der Waals surface area contributed by atoms with E-state index in [1.54, 1.807) is 30.3 Å². The van der Waals surface area contributed by atoms with Gasteiger partial charge in [-0.2, -0.15) is 5.26 Å². The van der Waals surface area contributed by atoms with Gasteiger partial charge in [0.05, 0.1) is 26.6 Å². The predicted molar refractivity (Wildman–Crippen MR) is 83.4 cm³/mol. The summed E-state index contributed by atoms with van der Waals surface area (Å²) in [5.41, 5.74) is 2.03. The Balaban J connectivity index is 2.11. The van der Waals surface area contributed by atoms with Crippen LogP contribution in [0.4, 0.5) is 0 Å². The summed E-state index contributed by atoms with van der Waals surface area (Å²) in [5, 5.41) is 8.76. The van der Waals surface area contributed by atoms with E-state index in [0.29, 0.717) is 29.2 Å². The fourth-order valence-electron chi connectivity index (χ4n) is 1.91. The highest BCUT2D eigenvalue weighted by Crippen LogP contribution is 2.29. The summed E-state index contributed by atoms with van der Waals surface area (Å²) in [6.45, 7) is 0.340. The van der Waals surface area contributed by atoms with Crippen molar-refractivity contribution in [1.29, 1.82) is 5.26 Å². The molecule has 0 unspecified atom stereocenters. The lowest BCUT2D eigenvalue weighted by molar-refractivity contribution is 0.101. The zero-order valence-electron chi connectivity index (χ0n) is 12.2. The van der Waals surface area contributed by atoms with Crippen LogP contribution in [0.2, 0.25) is 6.32 Å². The Hall–Kier alpha value is -2.74. The first kappa shape index (κ1) is 15.6. The van der Waals surface area contributed by atoms with Crippen molar-refractivity contribution < 1.29 is 14.3 Å². The first-order valence-corrected chi connectivity index (χ1v) is 6.71. The van der Waals surface area contributed by atoms with Crippen molar-refractivity contribution in [1.82, 2.24) is 0 Å². The van der Waals surface area contributed by atoms with Crippen molar-refractivity contribution in [3.05, 3.63) is 59.2 Å². The van der Waals surface area contributed by atoms with Gasteiger partial charge in [-0.3, -0.25) is 4.79 Å². The van der Waals surface area contributed by atoms with E-state index in [9.17, 15) is 4.79 Å². The molecule has 2 aromatic carbocycles. The fraction of sp³-hybridized carbons (Fsp3) is 0.176. The number of methoxy groups -OCH3 is 1. The number of ether oxygens (including phenoxy) is 2. The van der Waals surface area contributed by atoms with Gasteiger partial charge in [0, 0.05) is 5.56 Å². The van der Waals surface area contributed by atoms with Gasteiger partial charge in [0.1, 0.15) is 6.61 Å². The second-order valence-electron chi connectivity index (χ2n) is 4.59. The van der Waals surface area contributed by atoms with E-state index in [2.05, 4.69) is 6.07 Å². The molecule has 4 nitrogen and oxygen atoms in total. The highest BCUT2D eigenvalue weighted by molar-refractivity contribution is 6.24. The maximum Gasteiger partial charge on any atom is 0.161 e. The van der Waals surface area contributed by atoms with Crippen LogP contribution >= 0.6 is 0 Å². The molecule has 0 atom stereocenters. The maximum atomic E-state index is 11.6. The van der Waals surface area contributed by atoms with Crippen LogP contribution in [0, 0.1) is 11.3 Å². The number of nitriles is 1. The Morgan fingerprint density at radius 1 is 1.18 bits per heavy atom.